The molecule has 0 bridgehead atoms. The van der Waals surface area contributed by atoms with Gasteiger partial charge in [0.2, 0.25) is 0 Å². The van der Waals surface area contributed by atoms with Gasteiger partial charge >= 0.3 is 0 Å². The lowest BCUT2D eigenvalue weighted by Crippen LogP contribution is -2.53. The van der Waals surface area contributed by atoms with Crippen LogP contribution in [0.15, 0.2) is 47.6 Å². The molecule has 1 aromatic carbocycles. The number of anilines is 1. The van der Waals surface area contributed by atoms with Crippen molar-refractivity contribution in [1.82, 2.24) is 15.2 Å². The number of pyridine rings is 1. The summed E-state index contributed by atoms with van der Waals surface area (Å²) in [6, 6.07) is 10.7. The Kier molecular flexibility index (Phi) is 8.56. The molecule has 1 saturated heterocycles. The second-order valence-corrected chi connectivity index (χ2v) is 6.49. The highest BCUT2D eigenvalue weighted by Gasteiger charge is 2.20. The van der Waals surface area contributed by atoms with Gasteiger partial charge in [0.25, 0.3) is 0 Å². The minimum atomic E-state index is -0.265. The largest absolute Gasteiger partial charge is 0.356 e. The summed E-state index contributed by atoms with van der Waals surface area (Å²) >= 11 is 6.08. The lowest BCUT2D eigenvalue weighted by molar-refractivity contribution is 0.371. The Morgan fingerprint density at radius 3 is 2.59 bits per heavy atom. The van der Waals surface area contributed by atoms with Crippen molar-refractivity contribution in [3.63, 3.8) is 0 Å². The van der Waals surface area contributed by atoms with Gasteiger partial charge in [-0.05, 0) is 30.7 Å². The molecule has 2 heterocycles. The zero-order valence-electron chi connectivity index (χ0n) is 15.2. The Labute approximate surface area is 181 Å². The third-order valence-electron chi connectivity index (χ3n) is 4.48. The molecule has 3 rings (SSSR count). The van der Waals surface area contributed by atoms with Crippen molar-refractivity contribution in [1.29, 1.82) is 0 Å². The second kappa shape index (κ2) is 10.7. The van der Waals surface area contributed by atoms with E-state index in [1.807, 2.05) is 24.4 Å². The van der Waals surface area contributed by atoms with Crippen molar-refractivity contribution >= 4 is 47.4 Å². The standard InChI is InChI=1S/C19H23ClFN5.HI/c1-22-19(24-10-8-15-16(20)5-4-6-17(15)21)26-13-11-25(12-14-26)18-7-2-3-9-23-18;/h2-7,9H,8,10-14H2,1H3,(H,22,24);1H. The van der Waals surface area contributed by atoms with Gasteiger partial charge < -0.3 is 15.1 Å². The highest BCUT2D eigenvalue weighted by atomic mass is 127. The van der Waals surface area contributed by atoms with Crippen molar-refractivity contribution in [2.45, 2.75) is 6.42 Å². The molecule has 0 spiro atoms. The molecule has 1 aliphatic heterocycles. The van der Waals surface area contributed by atoms with E-state index in [1.54, 1.807) is 19.2 Å². The summed E-state index contributed by atoms with van der Waals surface area (Å²) in [5.41, 5.74) is 0.539. The number of aromatic nitrogens is 1. The van der Waals surface area contributed by atoms with Gasteiger partial charge in [0.15, 0.2) is 5.96 Å². The summed E-state index contributed by atoms with van der Waals surface area (Å²) in [6.45, 7) is 4.06. The Morgan fingerprint density at radius 1 is 1.19 bits per heavy atom. The molecule has 0 atom stereocenters. The summed E-state index contributed by atoms with van der Waals surface area (Å²) in [6.07, 6.45) is 2.33. The van der Waals surface area contributed by atoms with Gasteiger partial charge in [-0.3, -0.25) is 4.99 Å². The fraction of sp³-hybridized carbons (Fsp3) is 0.368. The predicted molar refractivity (Wildman–Crippen MR) is 120 cm³/mol. The van der Waals surface area contributed by atoms with E-state index in [0.29, 0.717) is 23.6 Å². The predicted octanol–water partition coefficient (Wildman–Crippen LogP) is 3.43. The third kappa shape index (κ3) is 5.68. The van der Waals surface area contributed by atoms with Crippen LogP contribution in [0.25, 0.3) is 0 Å². The van der Waals surface area contributed by atoms with Gasteiger partial charge in [-0.25, -0.2) is 9.37 Å². The van der Waals surface area contributed by atoms with Crippen LogP contribution in [-0.4, -0.2) is 55.6 Å². The molecule has 0 radical (unpaired) electrons. The monoisotopic (exact) mass is 503 g/mol. The lowest BCUT2D eigenvalue weighted by Gasteiger charge is -2.37. The van der Waals surface area contributed by atoms with Gasteiger partial charge in [0.05, 0.1) is 0 Å². The molecule has 2 aromatic rings. The van der Waals surface area contributed by atoms with Gasteiger partial charge in [0.1, 0.15) is 11.6 Å². The normalized spacial score (nSPS) is 14.7. The van der Waals surface area contributed by atoms with Gasteiger partial charge in [0, 0.05) is 56.6 Å². The van der Waals surface area contributed by atoms with Crippen LogP contribution in [0.2, 0.25) is 5.02 Å². The van der Waals surface area contributed by atoms with Crippen LogP contribution in [0.3, 0.4) is 0 Å². The van der Waals surface area contributed by atoms with Crippen LogP contribution >= 0.6 is 35.6 Å². The smallest absolute Gasteiger partial charge is 0.193 e. The maximum Gasteiger partial charge on any atom is 0.193 e. The second-order valence-electron chi connectivity index (χ2n) is 6.09. The van der Waals surface area contributed by atoms with Crippen molar-refractivity contribution < 1.29 is 4.39 Å². The molecule has 27 heavy (non-hydrogen) atoms. The minimum absolute atomic E-state index is 0. The maximum atomic E-state index is 13.9. The van der Waals surface area contributed by atoms with Crippen LogP contribution in [0.1, 0.15) is 5.56 Å². The number of piperazine rings is 1. The Hall–Kier alpha value is -1.61. The van der Waals surface area contributed by atoms with E-state index in [4.69, 9.17) is 11.6 Å². The average molecular weight is 504 g/mol. The maximum absolute atomic E-state index is 13.9. The molecule has 0 unspecified atom stereocenters. The van der Waals surface area contributed by atoms with Crippen molar-refractivity contribution in [3.05, 3.63) is 59.0 Å². The van der Waals surface area contributed by atoms with E-state index in [0.717, 1.165) is 38.0 Å². The molecule has 1 N–H and O–H groups in total. The summed E-state index contributed by atoms with van der Waals surface area (Å²) in [5.74, 6) is 1.57. The Morgan fingerprint density at radius 2 is 1.96 bits per heavy atom. The molecule has 1 aromatic heterocycles. The first kappa shape index (κ1) is 21.7. The fourth-order valence-electron chi connectivity index (χ4n) is 3.09. The van der Waals surface area contributed by atoms with Crippen LogP contribution in [-0.2, 0) is 6.42 Å². The number of rotatable bonds is 4. The van der Waals surface area contributed by atoms with Crippen molar-refractivity contribution in [2.75, 3.05) is 44.7 Å². The zero-order chi connectivity index (χ0) is 18.4. The molecular weight excluding hydrogens is 480 g/mol. The minimum Gasteiger partial charge on any atom is -0.356 e. The fourth-order valence-corrected chi connectivity index (χ4v) is 3.35. The first-order chi connectivity index (χ1) is 12.7. The number of nitrogens with zero attached hydrogens (tertiary/aromatic N) is 4. The SMILES string of the molecule is CN=C(NCCc1c(F)cccc1Cl)N1CCN(c2ccccn2)CC1.I. The molecule has 5 nitrogen and oxygen atoms in total. The summed E-state index contributed by atoms with van der Waals surface area (Å²) in [7, 11) is 1.77. The first-order valence-electron chi connectivity index (χ1n) is 8.73. The summed E-state index contributed by atoms with van der Waals surface area (Å²) in [5, 5.41) is 3.78. The molecule has 0 amide bonds. The Balaban J connectivity index is 0.00000261. The quantitative estimate of drug-likeness (QED) is 0.394. The van der Waals surface area contributed by atoms with Crippen LogP contribution in [0, 0.1) is 5.82 Å². The van der Waals surface area contributed by atoms with Gasteiger partial charge in [-0.2, -0.15) is 0 Å². The van der Waals surface area contributed by atoms with Gasteiger partial charge in [-0.1, -0.05) is 23.7 Å². The summed E-state index contributed by atoms with van der Waals surface area (Å²) in [4.78, 5) is 13.2. The molecule has 1 fully saturated rings. The number of guanidine groups is 1. The highest BCUT2D eigenvalue weighted by Crippen LogP contribution is 2.19. The third-order valence-corrected chi connectivity index (χ3v) is 4.84. The lowest BCUT2D eigenvalue weighted by atomic mass is 10.1. The highest BCUT2D eigenvalue weighted by molar-refractivity contribution is 14.0. The van der Waals surface area contributed by atoms with Crippen LogP contribution in [0.4, 0.5) is 10.2 Å². The number of aliphatic imine (C=N–C) groups is 1. The summed E-state index contributed by atoms with van der Waals surface area (Å²) < 4.78 is 13.9. The average Bonchev–Trinajstić information content (AvgIpc) is 2.68. The van der Waals surface area contributed by atoms with E-state index in [9.17, 15) is 4.39 Å². The van der Waals surface area contributed by atoms with E-state index < -0.39 is 0 Å². The molecule has 8 heteroatoms. The number of nitrogens with one attached hydrogen (secondary N) is 1. The van der Waals surface area contributed by atoms with Crippen LogP contribution in [0.5, 0.6) is 0 Å². The molecule has 146 valence electrons. The van der Waals surface area contributed by atoms with E-state index in [-0.39, 0.29) is 29.8 Å². The zero-order valence-corrected chi connectivity index (χ0v) is 18.3. The van der Waals surface area contributed by atoms with Crippen molar-refractivity contribution in [2.24, 2.45) is 4.99 Å². The van der Waals surface area contributed by atoms with Gasteiger partial charge in [-0.15, -0.1) is 24.0 Å². The van der Waals surface area contributed by atoms with E-state index >= 15 is 0 Å². The molecule has 1 aliphatic rings. The number of hydrogen-bond acceptors (Lipinski definition) is 3. The van der Waals surface area contributed by atoms with Crippen LogP contribution < -0.4 is 10.2 Å². The van der Waals surface area contributed by atoms with Crippen molar-refractivity contribution in [3.8, 4) is 0 Å². The molecule has 0 aliphatic carbocycles. The topological polar surface area (TPSA) is 43.8 Å². The van der Waals surface area contributed by atoms with E-state index in [1.165, 1.54) is 6.07 Å². The number of benzene rings is 1. The molecule has 0 saturated carbocycles. The number of halogens is 3. The number of hydrogen-bond donors (Lipinski definition) is 1. The molecular formula is C19H24ClFIN5. The first-order valence-corrected chi connectivity index (χ1v) is 9.11. The van der Waals surface area contributed by atoms with E-state index in [2.05, 4.69) is 25.1 Å². The Bertz CT molecular complexity index is 731.